The zero-order valence-electron chi connectivity index (χ0n) is 9.96. The first-order valence-corrected chi connectivity index (χ1v) is 6.06. The quantitative estimate of drug-likeness (QED) is 0.215. The Morgan fingerprint density at radius 2 is 1.21 bits per heavy atom. The van der Waals surface area contributed by atoms with Gasteiger partial charge in [-0.15, -0.1) is 0 Å². The van der Waals surface area contributed by atoms with Crippen LogP contribution in [-0.4, -0.2) is 4.92 Å². The molecule has 4 aromatic carbocycles. The van der Waals surface area contributed by atoms with Crippen molar-refractivity contribution in [2.75, 3.05) is 0 Å². The molecule has 0 heterocycles. The van der Waals surface area contributed by atoms with Gasteiger partial charge in [-0.3, -0.25) is 10.1 Å². The monoisotopic (exact) mass is 248 g/mol. The van der Waals surface area contributed by atoms with Crippen LogP contribution >= 0.6 is 0 Å². The molecule has 0 amide bonds. The van der Waals surface area contributed by atoms with Gasteiger partial charge in [-0.05, 0) is 32.3 Å². The highest BCUT2D eigenvalue weighted by atomic mass is 16.9. The molecule has 0 aliphatic heterocycles. The minimum atomic E-state index is -0.339. The summed E-state index contributed by atoms with van der Waals surface area (Å²) in [5, 5.41) is 17.5. The molecule has 0 N–H and O–H groups in total. The average Bonchev–Trinajstić information content (AvgIpc) is 2.44. The van der Waals surface area contributed by atoms with Crippen molar-refractivity contribution in [2.24, 2.45) is 0 Å². The fraction of sp³-hybridized carbons (Fsp3) is 0. The predicted molar refractivity (Wildman–Crippen MR) is 76.8 cm³/mol. The van der Waals surface area contributed by atoms with Gasteiger partial charge in [0.2, 0.25) is 0 Å². The zero-order valence-corrected chi connectivity index (χ0v) is 9.96. The summed E-state index contributed by atoms with van der Waals surface area (Å²) in [4.78, 5) is 10.6. The lowest BCUT2D eigenvalue weighted by molar-refractivity contribution is -0.384. The number of nitrogens with zero attached hydrogens (tertiary/aromatic N) is 1. The Hall–Kier alpha value is -2.68. The van der Waals surface area contributed by atoms with E-state index in [1.165, 1.54) is 16.2 Å². The van der Waals surface area contributed by atoms with Crippen LogP contribution < -0.4 is 0 Å². The molecule has 0 atom stereocenters. The molecule has 0 spiro atoms. The number of nitro groups is 1. The summed E-state index contributed by atoms with van der Waals surface area (Å²) in [5.41, 5.74) is 0.144. The molecule has 3 heteroatoms. The smallest absolute Gasteiger partial charge is 0.258 e. The lowest BCUT2D eigenvalue weighted by Crippen LogP contribution is -1.89. The van der Waals surface area contributed by atoms with Crippen molar-refractivity contribution in [3.8, 4) is 0 Å². The highest BCUT2D eigenvalue weighted by molar-refractivity contribution is 6.23. The Morgan fingerprint density at radius 1 is 0.737 bits per heavy atom. The Kier molecular flexibility index (Phi) is 1.85. The van der Waals surface area contributed by atoms with E-state index in [1.807, 2.05) is 30.3 Å². The van der Waals surface area contributed by atoms with Crippen LogP contribution in [0.3, 0.4) is 0 Å². The second kappa shape index (κ2) is 3.42. The van der Waals surface area contributed by atoms with E-state index >= 15 is 0 Å². The van der Waals surface area contributed by atoms with Crippen LogP contribution in [0.25, 0.3) is 32.3 Å². The third-order valence-corrected chi connectivity index (χ3v) is 3.66. The molecular weight excluding hydrogens is 239 g/mol. The molecule has 0 saturated heterocycles. The third-order valence-electron chi connectivity index (χ3n) is 3.66. The Morgan fingerprint density at radius 3 is 1.74 bits per heavy atom. The number of non-ortho nitro benzene ring substituents is 1. The lowest BCUT2D eigenvalue weighted by atomic mass is 9.94. The molecule has 0 aliphatic carbocycles. The first kappa shape index (κ1) is 10.3. The maximum absolute atomic E-state index is 11.0. The maximum Gasteiger partial charge on any atom is 0.270 e. The summed E-state index contributed by atoms with van der Waals surface area (Å²) in [6, 6.07) is 17.4. The van der Waals surface area contributed by atoms with E-state index in [-0.39, 0.29) is 10.6 Å². The van der Waals surface area contributed by atoms with Crippen LogP contribution in [0.2, 0.25) is 0 Å². The SMILES string of the molecule is O=[15N+]([O-])c1cc2ccc3cccc4ccc(c1)c2c34. The fourth-order valence-electron chi connectivity index (χ4n) is 2.84. The van der Waals surface area contributed by atoms with Crippen molar-refractivity contribution in [1.82, 2.24) is 0 Å². The van der Waals surface area contributed by atoms with Gasteiger partial charge in [0.05, 0.1) is 4.92 Å². The van der Waals surface area contributed by atoms with E-state index in [9.17, 15) is 10.1 Å². The van der Waals surface area contributed by atoms with Gasteiger partial charge in [0.25, 0.3) is 5.69 Å². The van der Waals surface area contributed by atoms with Gasteiger partial charge in [0.15, 0.2) is 0 Å². The summed E-state index contributed by atoms with van der Waals surface area (Å²) in [5.74, 6) is 0. The Balaban J connectivity index is 2.32. The van der Waals surface area contributed by atoms with Gasteiger partial charge in [-0.25, -0.2) is 0 Å². The Labute approximate surface area is 108 Å². The van der Waals surface area contributed by atoms with E-state index in [1.54, 1.807) is 12.1 Å². The second-order valence-electron chi connectivity index (χ2n) is 4.73. The third kappa shape index (κ3) is 1.32. The van der Waals surface area contributed by atoms with Crippen LogP contribution in [-0.2, 0) is 0 Å². The van der Waals surface area contributed by atoms with Gasteiger partial charge >= 0.3 is 0 Å². The van der Waals surface area contributed by atoms with Crippen molar-refractivity contribution < 1.29 is 4.92 Å². The molecule has 90 valence electrons. The normalized spacial score (nSPS) is 11.6. The maximum atomic E-state index is 11.0. The zero-order chi connectivity index (χ0) is 13.0. The van der Waals surface area contributed by atoms with Gasteiger partial charge in [0, 0.05) is 12.1 Å². The van der Waals surface area contributed by atoms with Gasteiger partial charge in [0.1, 0.15) is 0 Å². The first-order valence-electron chi connectivity index (χ1n) is 6.06. The molecule has 0 bridgehead atoms. The van der Waals surface area contributed by atoms with E-state index < -0.39 is 0 Å². The molecule has 0 saturated carbocycles. The molecule has 19 heavy (non-hydrogen) atoms. The standard InChI is InChI=1S/C16H9NO2/c18-17(19)14-8-12-6-4-10-2-1-3-11-5-7-13(9-14)16(12)15(10)11/h1-9H/i17+1. The molecule has 0 radical (unpaired) electrons. The highest BCUT2D eigenvalue weighted by Crippen LogP contribution is 2.36. The van der Waals surface area contributed by atoms with Crippen molar-refractivity contribution in [3.63, 3.8) is 0 Å². The highest BCUT2D eigenvalue weighted by Gasteiger charge is 2.13. The van der Waals surface area contributed by atoms with E-state index in [2.05, 4.69) is 12.1 Å². The number of nitro benzene ring substituents is 1. The van der Waals surface area contributed by atoms with Crippen molar-refractivity contribution in [2.45, 2.75) is 0 Å². The number of hydrogen-bond donors (Lipinski definition) is 0. The van der Waals surface area contributed by atoms with Gasteiger partial charge < -0.3 is 0 Å². The van der Waals surface area contributed by atoms with E-state index in [4.69, 9.17) is 0 Å². The molecule has 0 unspecified atom stereocenters. The van der Waals surface area contributed by atoms with Crippen LogP contribution in [0, 0.1) is 10.1 Å². The minimum absolute atomic E-state index is 0.144. The number of hydrogen-bond acceptors (Lipinski definition) is 2. The summed E-state index contributed by atoms with van der Waals surface area (Å²) < 4.78 is 0. The van der Waals surface area contributed by atoms with Crippen molar-refractivity contribution in [1.29, 1.82) is 0 Å². The largest absolute Gasteiger partial charge is 0.270 e. The predicted octanol–water partition coefficient (Wildman–Crippen LogP) is 4.49. The molecular formula is C16H9NO2. The molecule has 0 aliphatic rings. The van der Waals surface area contributed by atoms with Crippen LogP contribution in [0.15, 0.2) is 54.6 Å². The Bertz CT molecular complexity index is 880. The molecule has 4 rings (SSSR count). The molecule has 4 aromatic rings. The lowest BCUT2D eigenvalue weighted by Gasteiger charge is -2.10. The second-order valence-corrected chi connectivity index (χ2v) is 4.73. The summed E-state index contributed by atoms with van der Waals surface area (Å²) in [6.45, 7) is 0. The molecule has 0 fully saturated rings. The average molecular weight is 248 g/mol. The summed E-state index contributed by atoms with van der Waals surface area (Å²) in [6.07, 6.45) is 0. The number of benzene rings is 4. The molecule has 3 nitrogen and oxygen atoms in total. The summed E-state index contributed by atoms with van der Waals surface area (Å²) >= 11 is 0. The number of rotatable bonds is 1. The minimum Gasteiger partial charge on any atom is -0.258 e. The van der Waals surface area contributed by atoms with E-state index in [0.717, 1.165) is 16.2 Å². The topological polar surface area (TPSA) is 43.1 Å². The van der Waals surface area contributed by atoms with Crippen LogP contribution in [0.4, 0.5) is 5.69 Å². The van der Waals surface area contributed by atoms with Crippen molar-refractivity contribution in [3.05, 3.63) is 64.7 Å². The first-order chi connectivity index (χ1) is 9.24. The van der Waals surface area contributed by atoms with Gasteiger partial charge in [-0.1, -0.05) is 42.5 Å². The van der Waals surface area contributed by atoms with Gasteiger partial charge in [-0.2, -0.15) is 0 Å². The summed E-state index contributed by atoms with van der Waals surface area (Å²) in [7, 11) is 0. The van der Waals surface area contributed by atoms with Crippen molar-refractivity contribution >= 4 is 38.0 Å². The molecule has 0 aromatic heterocycles. The van der Waals surface area contributed by atoms with Crippen LogP contribution in [0.1, 0.15) is 0 Å². The van der Waals surface area contributed by atoms with Crippen LogP contribution in [0.5, 0.6) is 0 Å². The fourth-order valence-corrected chi connectivity index (χ4v) is 2.84. The van der Waals surface area contributed by atoms with E-state index in [0.29, 0.717) is 0 Å².